The van der Waals surface area contributed by atoms with Gasteiger partial charge in [0.1, 0.15) is 4.70 Å². The maximum Gasteiger partial charge on any atom is 0.276 e. The Balaban J connectivity index is 1.94. The van der Waals surface area contributed by atoms with Gasteiger partial charge in [0, 0.05) is 13.6 Å². The molecule has 0 aliphatic carbocycles. The maximum absolute atomic E-state index is 12.9. The third-order valence-electron chi connectivity index (χ3n) is 3.77. The van der Waals surface area contributed by atoms with Gasteiger partial charge in [-0.1, -0.05) is 30.0 Å². The summed E-state index contributed by atoms with van der Waals surface area (Å²) in [5.74, 6) is 0.0427. The minimum absolute atomic E-state index is 0.107. The minimum atomic E-state index is -0.135. The Morgan fingerprint density at radius 3 is 2.85 bits per heavy atom. The number of para-hydroxylation sites is 1. The molecule has 0 unspecified atom stereocenters. The quantitative estimate of drug-likeness (QED) is 0.482. The first-order chi connectivity index (χ1) is 12.6. The first kappa shape index (κ1) is 18.2. The Morgan fingerprint density at radius 1 is 1.35 bits per heavy atom. The van der Waals surface area contributed by atoms with Crippen molar-refractivity contribution in [2.75, 3.05) is 19.3 Å². The highest BCUT2D eigenvalue weighted by Gasteiger charge is 2.16. The van der Waals surface area contributed by atoms with Crippen LogP contribution >= 0.6 is 23.1 Å². The van der Waals surface area contributed by atoms with Crippen molar-refractivity contribution in [3.8, 4) is 11.8 Å². The molecule has 2 aromatic heterocycles. The molecule has 3 rings (SSSR count). The number of thioether (sulfide) groups is 1. The smallest absolute Gasteiger partial charge is 0.276 e. The van der Waals surface area contributed by atoms with Crippen molar-refractivity contribution in [3.63, 3.8) is 0 Å². The van der Waals surface area contributed by atoms with Crippen LogP contribution in [0.15, 0.2) is 51.7 Å². The molecule has 26 heavy (non-hydrogen) atoms. The van der Waals surface area contributed by atoms with Gasteiger partial charge in [-0.05, 0) is 23.6 Å². The molecule has 2 heterocycles. The second kappa shape index (κ2) is 8.17. The van der Waals surface area contributed by atoms with E-state index in [1.165, 1.54) is 28.0 Å². The fourth-order valence-electron chi connectivity index (χ4n) is 2.37. The third kappa shape index (κ3) is 3.79. The number of carbonyl (C=O) groups is 1. The van der Waals surface area contributed by atoms with E-state index in [4.69, 9.17) is 5.26 Å². The Hall–Kier alpha value is -2.63. The van der Waals surface area contributed by atoms with Crippen LogP contribution in [-0.4, -0.2) is 39.7 Å². The number of carbonyl (C=O) groups excluding carboxylic acids is 1. The molecule has 0 atom stereocenters. The van der Waals surface area contributed by atoms with E-state index in [-0.39, 0.29) is 17.2 Å². The number of hydrogen-bond donors (Lipinski definition) is 0. The molecule has 132 valence electrons. The van der Waals surface area contributed by atoms with Crippen molar-refractivity contribution >= 4 is 39.2 Å². The number of nitriles is 1. The maximum atomic E-state index is 12.9. The normalized spacial score (nSPS) is 10.6. The highest BCUT2D eigenvalue weighted by Crippen LogP contribution is 2.23. The van der Waals surface area contributed by atoms with E-state index in [2.05, 4.69) is 4.98 Å². The van der Waals surface area contributed by atoms with E-state index in [1.807, 2.05) is 47.8 Å². The van der Waals surface area contributed by atoms with Gasteiger partial charge in [0.15, 0.2) is 5.16 Å². The van der Waals surface area contributed by atoms with E-state index in [9.17, 15) is 9.59 Å². The number of hydrogen-bond acceptors (Lipinski definition) is 6. The average molecular weight is 384 g/mol. The topological polar surface area (TPSA) is 79.0 Å². The van der Waals surface area contributed by atoms with Crippen molar-refractivity contribution in [3.05, 3.63) is 52.1 Å². The van der Waals surface area contributed by atoms with Gasteiger partial charge in [-0.25, -0.2) is 4.98 Å². The molecule has 0 saturated heterocycles. The molecule has 0 radical (unpaired) electrons. The number of thiophene rings is 1. The van der Waals surface area contributed by atoms with Crippen molar-refractivity contribution < 1.29 is 4.79 Å². The summed E-state index contributed by atoms with van der Waals surface area (Å²) in [6.07, 6.45) is 0.292. The van der Waals surface area contributed by atoms with Crippen molar-refractivity contribution in [1.82, 2.24) is 14.5 Å². The zero-order valence-electron chi connectivity index (χ0n) is 14.1. The second-order valence-electron chi connectivity index (χ2n) is 5.52. The Morgan fingerprint density at radius 2 is 2.12 bits per heavy atom. The van der Waals surface area contributed by atoms with Crippen LogP contribution in [0, 0.1) is 11.3 Å². The molecular weight excluding hydrogens is 368 g/mol. The molecule has 0 bridgehead atoms. The lowest BCUT2D eigenvalue weighted by Gasteiger charge is -2.16. The van der Waals surface area contributed by atoms with Gasteiger partial charge >= 0.3 is 0 Å². The highest BCUT2D eigenvalue weighted by molar-refractivity contribution is 7.99. The molecule has 0 spiro atoms. The van der Waals surface area contributed by atoms with Crippen LogP contribution in [0.25, 0.3) is 15.9 Å². The highest BCUT2D eigenvalue weighted by atomic mass is 32.2. The van der Waals surface area contributed by atoms with Gasteiger partial charge in [0.05, 0.1) is 29.4 Å². The Kier molecular flexibility index (Phi) is 5.71. The number of fused-ring (bicyclic) bond motifs is 1. The lowest BCUT2D eigenvalue weighted by molar-refractivity contribution is -0.127. The summed E-state index contributed by atoms with van der Waals surface area (Å²) in [4.78, 5) is 31.3. The Labute approximate surface area is 158 Å². The summed E-state index contributed by atoms with van der Waals surface area (Å²) < 4.78 is 2.14. The van der Waals surface area contributed by atoms with Crippen molar-refractivity contribution in [2.45, 2.75) is 11.6 Å². The van der Waals surface area contributed by atoms with E-state index in [0.717, 1.165) is 0 Å². The lowest BCUT2D eigenvalue weighted by atomic mass is 10.3. The van der Waals surface area contributed by atoms with Crippen LogP contribution in [0.1, 0.15) is 6.42 Å². The van der Waals surface area contributed by atoms with Gasteiger partial charge in [0.25, 0.3) is 5.56 Å². The summed E-state index contributed by atoms with van der Waals surface area (Å²) in [6, 6.07) is 13.1. The molecule has 0 aliphatic rings. The van der Waals surface area contributed by atoms with Crippen molar-refractivity contribution in [2.24, 2.45) is 0 Å². The van der Waals surface area contributed by atoms with Crippen LogP contribution in [0.3, 0.4) is 0 Å². The van der Waals surface area contributed by atoms with Gasteiger partial charge in [-0.15, -0.1) is 11.3 Å². The average Bonchev–Trinajstić information content (AvgIpc) is 3.13. The van der Waals surface area contributed by atoms with Crippen LogP contribution in [0.4, 0.5) is 0 Å². The summed E-state index contributed by atoms with van der Waals surface area (Å²) in [5, 5.41) is 11.0. The fourth-order valence-corrected chi connectivity index (χ4v) is 4.09. The molecule has 0 saturated carbocycles. The van der Waals surface area contributed by atoms with E-state index >= 15 is 0 Å². The number of benzene rings is 1. The van der Waals surface area contributed by atoms with Crippen LogP contribution in [0.2, 0.25) is 0 Å². The largest absolute Gasteiger partial charge is 0.344 e. The number of rotatable bonds is 6. The Bertz CT molecular complexity index is 1020. The van der Waals surface area contributed by atoms with E-state index < -0.39 is 0 Å². The van der Waals surface area contributed by atoms with Gasteiger partial charge in [-0.2, -0.15) is 5.26 Å². The van der Waals surface area contributed by atoms with Gasteiger partial charge in [-0.3, -0.25) is 14.2 Å². The van der Waals surface area contributed by atoms with Crippen LogP contribution in [0.5, 0.6) is 0 Å². The molecule has 3 aromatic rings. The zero-order chi connectivity index (χ0) is 18.5. The molecule has 6 nitrogen and oxygen atoms in total. The van der Waals surface area contributed by atoms with Gasteiger partial charge < -0.3 is 4.90 Å². The fraction of sp³-hybridized carbons (Fsp3) is 0.222. The molecule has 0 aliphatic heterocycles. The molecule has 1 aromatic carbocycles. The SMILES string of the molecule is CN(CCC#N)C(=O)CSc1nc2ccsc2c(=O)n1-c1ccccc1. The number of nitrogens with zero attached hydrogens (tertiary/aromatic N) is 4. The van der Waals surface area contributed by atoms with Crippen LogP contribution < -0.4 is 5.56 Å². The molecule has 1 amide bonds. The first-order valence-electron chi connectivity index (χ1n) is 7.91. The summed E-state index contributed by atoms with van der Waals surface area (Å²) in [7, 11) is 1.67. The number of amides is 1. The molecular formula is C18H16N4O2S2. The molecule has 0 fully saturated rings. The van der Waals surface area contributed by atoms with Gasteiger partial charge in [0.2, 0.25) is 5.91 Å². The zero-order valence-corrected chi connectivity index (χ0v) is 15.7. The predicted octanol–water partition coefficient (Wildman–Crippen LogP) is 2.91. The first-order valence-corrected chi connectivity index (χ1v) is 9.77. The second-order valence-corrected chi connectivity index (χ2v) is 7.38. The summed E-state index contributed by atoms with van der Waals surface area (Å²) in [6.45, 7) is 0.387. The standard InChI is InChI=1S/C18H16N4O2S2/c1-21(10-5-9-19)15(23)12-26-18-20-14-8-11-25-16(14)17(24)22(18)13-6-3-2-4-7-13/h2-4,6-8,11H,5,10,12H2,1H3. The lowest BCUT2D eigenvalue weighted by Crippen LogP contribution is -2.29. The third-order valence-corrected chi connectivity index (χ3v) is 5.59. The van der Waals surface area contributed by atoms with E-state index in [1.54, 1.807) is 11.6 Å². The molecule has 8 heteroatoms. The minimum Gasteiger partial charge on any atom is -0.344 e. The summed E-state index contributed by atoms with van der Waals surface area (Å²) >= 11 is 2.59. The van der Waals surface area contributed by atoms with Crippen LogP contribution in [-0.2, 0) is 4.79 Å². The predicted molar refractivity (Wildman–Crippen MR) is 104 cm³/mol. The van der Waals surface area contributed by atoms with E-state index in [0.29, 0.717) is 34.0 Å². The summed E-state index contributed by atoms with van der Waals surface area (Å²) in [5.41, 5.74) is 1.22. The monoisotopic (exact) mass is 384 g/mol. The molecule has 0 N–H and O–H groups in total. The number of aromatic nitrogens is 2. The van der Waals surface area contributed by atoms with Crippen molar-refractivity contribution in [1.29, 1.82) is 5.26 Å².